The van der Waals surface area contributed by atoms with Gasteiger partial charge in [-0.3, -0.25) is 4.79 Å². The Morgan fingerprint density at radius 3 is 2.86 bits per heavy atom. The molecule has 8 nitrogen and oxygen atoms in total. The highest BCUT2D eigenvalue weighted by Crippen LogP contribution is 2.23. The van der Waals surface area contributed by atoms with Crippen LogP contribution in [0.3, 0.4) is 0 Å². The van der Waals surface area contributed by atoms with E-state index in [1.807, 2.05) is 0 Å². The van der Waals surface area contributed by atoms with E-state index >= 15 is 0 Å². The van der Waals surface area contributed by atoms with Crippen LogP contribution in [0.25, 0.3) is 5.69 Å². The minimum atomic E-state index is -3.07. The third-order valence-corrected chi connectivity index (χ3v) is 5.54. The van der Waals surface area contributed by atoms with Gasteiger partial charge in [-0.25, -0.2) is 13.1 Å². The number of rotatable bonds is 3. The highest BCUT2D eigenvalue weighted by atomic mass is 32.2. The molecule has 3 rings (SSSR count). The number of sulfone groups is 1. The molecule has 1 amide bonds. The predicted molar refractivity (Wildman–Crippen MR) is 78.3 cm³/mol. The van der Waals surface area contributed by atoms with Crippen molar-refractivity contribution in [2.75, 3.05) is 11.5 Å². The van der Waals surface area contributed by atoms with E-state index in [9.17, 15) is 13.2 Å². The van der Waals surface area contributed by atoms with E-state index in [0.29, 0.717) is 17.7 Å². The monoisotopic (exact) mass is 321 g/mol. The van der Waals surface area contributed by atoms with Gasteiger partial charge < -0.3 is 5.32 Å². The molecule has 1 saturated heterocycles. The number of carbonyl (C=O) groups is 1. The average molecular weight is 321 g/mol. The second-order valence-corrected chi connectivity index (χ2v) is 7.85. The third kappa shape index (κ3) is 2.98. The lowest BCUT2D eigenvalue weighted by molar-refractivity contribution is 0.0915. The molecule has 1 aliphatic heterocycles. The number of amides is 1. The normalized spacial score (nSPS) is 23.3. The summed E-state index contributed by atoms with van der Waals surface area (Å²) >= 11 is 0. The maximum Gasteiger partial charge on any atom is 0.251 e. The van der Waals surface area contributed by atoms with E-state index in [-0.39, 0.29) is 17.4 Å². The number of aromatic nitrogens is 4. The largest absolute Gasteiger partial charge is 0.346 e. The highest BCUT2D eigenvalue weighted by Gasteiger charge is 2.39. The van der Waals surface area contributed by atoms with Gasteiger partial charge in [0.05, 0.1) is 22.7 Å². The van der Waals surface area contributed by atoms with Crippen molar-refractivity contribution >= 4 is 15.7 Å². The van der Waals surface area contributed by atoms with Crippen molar-refractivity contribution in [2.24, 2.45) is 0 Å². The summed E-state index contributed by atoms with van der Waals surface area (Å²) < 4.78 is 24.6. The smallest absolute Gasteiger partial charge is 0.251 e. The summed E-state index contributed by atoms with van der Waals surface area (Å²) in [5.74, 6) is -0.234. The van der Waals surface area contributed by atoms with Crippen molar-refractivity contribution in [1.29, 1.82) is 0 Å². The first kappa shape index (κ1) is 14.6. The van der Waals surface area contributed by atoms with Crippen LogP contribution in [0, 0.1) is 0 Å². The molecule has 9 heteroatoms. The fourth-order valence-electron chi connectivity index (χ4n) is 2.52. The van der Waals surface area contributed by atoms with E-state index in [4.69, 9.17) is 0 Å². The van der Waals surface area contributed by atoms with Gasteiger partial charge in [-0.2, -0.15) is 0 Å². The molecular weight excluding hydrogens is 306 g/mol. The lowest BCUT2D eigenvalue weighted by atomic mass is 10.0. The molecule has 116 valence electrons. The van der Waals surface area contributed by atoms with Crippen LogP contribution < -0.4 is 5.32 Å². The van der Waals surface area contributed by atoms with Crippen molar-refractivity contribution in [3.05, 3.63) is 36.2 Å². The summed E-state index contributed by atoms with van der Waals surface area (Å²) in [6.45, 7) is 1.75. The first-order chi connectivity index (χ1) is 10.4. The minimum absolute atomic E-state index is 0.0293. The maximum absolute atomic E-state index is 12.4. The van der Waals surface area contributed by atoms with Crippen molar-refractivity contribution in [2.45, 2.75) is 18.9 Å². The number of nitrogens with one attached hydrogen (secondary N) is 1. The zero-order chi connectivity index (χ0) is 15.8. The average Bonchev–Trinajstić information content (AvgIpc) is 3.07. The van der Waals surface area contributed by atoms with Crippen molar-refractivity contribution < 1.29 is 13.2 Å². The third-order valence-electron chi connectivity index (χ3n) is 3.64. The number of tetrazole rings is 1. The molecule has 0 radical (unpaired) electrons. The molecule has 1 unspecified atom stereocenters. The molecule has 1 fully saturated rings. The van der Waals surface area contributed by atoms with Crippen molar-refractivity contribution in [3.63, 3.8) is 0 Å². The first-order valence-corrected chi connectivity index (χ1v) is 8.55. The van der Waals surface area contributed by atoms with Crippen molar-refractivity contribution in [3.8, 4) is 5.69 Å². The predicted octanol–water partition coefficient (Wildman–Crippen LogP) is -0.0307. The van der Waals surface area contributed by atoms with E-state index in [1.54, 1.807) is 31.2 Å². The van der Waals surface area contributed by atoms with Crippen molar-refractivity contribution in [1.82, 2.24) is 25.5 Å². The molecule has 1 N–H and O–H groups in total. The molecule has 0 aliphatic carbocycles. The lowest BCUT2D eigenvalue weighted by Crippen LogP contribution is -2.46. The SMILES string of the molecule is CC1(NC(=O)c2cccc(-n3cnnn3)c2)CCS(=O)(=O)C1. The minimum Gasteiger partial charge on any atom is -0.346 e. The summed E-state index contributed by atoms with van der Waals surface area (Å²) in [5.41, 5.74) is 0.362. The van der Waals surface area contributed by atoms with E-state index < -0.39 is 15.4 Å². The van der Waals surface area contributed by atoms with Gasteiger partial charge in [0.1, 0.15) is 6.33 Å². The number of nitrogens with zero attached hydrogens (tertiary/aromatic N) is 4. The Morgan fingerprint density at radius 2 is 2.23 bits per heavy atom. The van der Waals surface area contributed by atoms with Crippen LogP contribution in [0.1, 0.15) is 23.7 Å². The van der Waals surface area contributed by atoms with Crippen LogP contribution in [0.15, 0.2) is 30.6 Å². The zero-order valence-corrected chi connectivity index (χ0v) is 12.7. The maximum atomic E-state index is 12.4. The van der Waals surface area contributed by atoms with Gasteiger partial charge in [0, 0.05) is 5.56 Å². The van der Waals surface area contributed by atoms with E-state index in [2.05, 4.69) is 20.8 Å². The quantitative estimate of drug-likeness (QED) is 0.850. The number of hydrogen-bond acceptors (Lipinski definition) is 6. The van der Waals surface area contributed by atoms with Crippen LogP contribution in [0.4, 0.5) is 0 Å². The molecule has 1 atom stereocenters. The van der Waals surface area contributed by atoms with Gasteiger partial charge in [0.15, 0.2) is 9.84 Å². The van der Waals surface area contributed by atoms with Gasteiger partial charge in [0.2, 0.25) is 0 Å². The molecule has 0 bridgehead atoms. The molecule has 0 saturated carbocycles. The molecule has 2 aromatic rings. The summed E-state index contributed by atoms with van der Waals surface area (Å²) in [5, 5.41) is 13.7. The Balaban J connectivity index is 1.80. The van der Waals surface area contributed by atoms with Crippen LogP contribution in [0.5, 0.6) is 0 Å². The Bertz CT molecular complexity index is 803. The Labute approximate surface area is 127 Å². The lowest BCUT2D eigenvalue weighted by Gasteiger charge is -2.24. The molecular formula is C13H15N5O3S. The molecule has 1 aromatic carbocycles. The summed E-state index contributed by atoms with van der Waals surface area (Å²) in [6, 6.07) is 6.81. The zero-order valence-electron chi connectivity index (χ0n) is 11.9. The Kier molecular flexibility index (Phi) is 3.44. The first-order valence-electron chi connectivity index (χ1n) is 6.73. The van der Waals surface area contributed by atoms with Crippen LogP contribution in [0.2, 0.25) is 0 Å². The Hall–Kier alpha value is -2.29. The summed E-state index contributed by atoms with van der Waals surface area (Å²) in [4.78, 5) is 12.4. The van der Waals surface area contributed by atoms with Crippen LogP contribution in [-0.4, -0.2) is 51.6 Å². The topological polar surface area (TPSA) is 107 Å². The van der Waals surface area contributed by atoms with Crippen LogP contribution in [-0.2, 0) is 9.84 Å². The van der Waals surface area contributed by atoms with Gasteiger partial charge in [-0.05, 0) is 42.0 Å². The van der Waals surface area contributed by atoms with Gasteiger partial charge >= 0.3 is 0 Å². The highest BCUT2D eigenvalue weighted by molar-refractivity contribution is 7.91. The van der Waals surface area contributed by atoms with E-state index in [0.717, 1.165) is 0 Å². The van der Waals surface area contributed by atoms with Crippen LogP contribution >= 0.6 is 0 Å². The second kappa shape index (κ2) is 5.16. The standard InChI is InChI=1S/C13H15N5O3S/c1-13(5-6-22(20,21)8-13)15-12(19)10-3-2-4-11(7-10)18-9-14-16-17-18/h2-4,7,9H,5-6,8H2,1H3,(H,15,19). The summed E-state index contributed by atoms with van der Waals surface area (Å²) in [6.07, 6.45) is 1.86. The molecule has 22 heavy (non-hydrogen) atoms. The van der Waals surface area contributed by atoms with Gasteiger partial charge in [0.25, 0.3) is 5.91 Å². The Morgan fingerprint density at radius 1 is 1.41 bits per heavy atom. The molecule has 1 aromatic heterocycles. The fraction of sp³-hybridized carbons (Fsp3) is 0.385. The second-order valence-electron chi connectivity index (χ2n) is 5.66. The molecule has 1 aliphatic rings. The fourth-order valence-corrected chi connectivity index (χ4v) is 4.62. The van der Waals surface area contributed by atoms with E-state index in [1.165, 1.54) is 11.0 Å². The van der Waals surface area contributed by atoms with Gasteiger partial charge in [-0.1, -0.05) is 6.07 Å². The van der Waals surface area contributed by atoms with Gasteiger partial charge in [-0.15, -0.1) is 5.10 Å². The molecule has 0 spiro atoms. The number of benzene rings is 1. The summed E-state index contributed by atoms with van der Waals surface area (Å²) in [7, 11) is -3.07. The number of carbonyl (C=O) groups excluding carboxylic acids is 1. The molecule has 2 heterocycles. The number of hydrogen-bond donors (Lipinski definition) is 1.